The standard InChI is InChI=1S/C10H10BrClO/c11-10-7-9(12)5-4-8(10)3-1-2-6-13/h1,3-5,7,13H,2,6H2. The summed E-state index contributed by atoms with van der Waals surface area (Å²) < 4.78 is 0.967. The van der Waals surface area contributed by atoms with E-state index in [1.807, 2.05) is 30.4 Å². The molecule has 0 fully saturated rings. The molecule has 1 aromatic rings. The molecule has 0 heterocycles. The molecule has 0 spiro atoms. The number of benzene rings is 1. The molecule has 0 atom stereocenters. The van der Waals surface area contributed by atoms with E-state index in [2.05, 4.69) is 15.9 Å². The van der Waals surface area contributed by atoms with Gasteiger partial charge in [0.15, 0.2) is 0 Å². The van der Waals surface area contributed by atoms with Gasteiger partial charge in [-0.25, -0.2) is 0 Å². The third-order valence-corrected chi connectivity index (χ3v) is 2.48. The second-order valence-electron chi connectivity index (χ2n) is 2.58. The van der Waals surface area contributed by atoms with Crippen molar-refractivity contribution >= 4 is 33.6 Å². The first-order valence-electron chi connectivity index (χ1n) is 3.96. The average Bonchev–Trinajstić information content (AvgIpc) is 2.09. The van der Waals surface area contributed by atoms with Crippen LogP contribution in [0.3, 0.4) is 0 Å². The lowest BCUT2D eigenvalue weighted by atomic mass is 10.2. The first kappa shape index (κ1) is 10.8. The van der Waals surface area contributed by atoms with Gasteiger partial charge in [-0.2, -0.15) is 0 Å². The van der Waals surface area contributed by atoms with Gasteiger partial charge in [0, 0.05) is 16.1 Å². The van der Waals surface area contributed by atoms with Crippen molar-refractivity contribution in [1.29, 1.82) is 0 Å². The number of hydrogen-bond donors (Lipinski definition) is 1. The molecule has 70 valence electrons. The Labute approximate surface area is 91.2 Å². The Hall–Kier alpha value is -0.310. The Kier molecular flexibility index (Phi) is 4.50. The van der Waals surface area contributed by atoms with Gasteiger partial charge in [0.2, 0.25) is 0 Å². The van der Waals surface area contributed by atoms with E-state index in [9.17, 15) is 0 Å². The minimum Gasteiger partial charge on any atom is -0.396 e. The van der Waals surface area contributed by atoms with E-state index in [-0.39, 0.29) is 6.61 Å². The van der Waals surface area contributed by atoms with Crippen LogP contribution in [0.5, 0.6) is 0 Å². The van der Waals surface area contributed by atoms with E-state index in [1.165, 1.54) is 0 Å². The Morgan fingerprint density at radius 2 is 2.23 bits per heavy atom. The quantitative estimate of drug-likeness (QED) is 0.883. The van der Waals surface area contributed by atoms with Crippen LogP contribution in [0, 0.1) is 0 Å². The molecule has 0 amide bonds. The maximum atomic E-state index is 8.57. The first-order chi connectivity index (χ1) is 6.24. The van der Waals surface area contributed by atoms with Crippen LogP contribution < -0.4 is 0 Å². The minimum absolute atomic E-state index is 0.182. The summed E-state index contributed by atoms with van der Waals surface area (Å²) in [6.45, 7) is 0.182. The van der Waals surface area contributed by atoms with Gasteiger partial charge >= 0.3 is 0 Å². The van der Waals surface area contributed by atoms with Crippen molar-refractivity contribution < 1.29 is 5.11 Å². The molecule has 1 N–H and O–H groups in total. The molecule has 0 aliphatic rings. The van der Waals surface area contributed by atoms with Gasteiger partial charge in [-0.1, -0.05) is 45.7 Å². The number of halogens is 2. The monoisotopic (exact) mass is 260 g/mol. The molecule has 3 heteroatoms. The maximum Gasteiger partial charge on any atom is 0.0465 e. The second-order valence-corrected chi connectivity index (χ2v) is 3.87. The molecule has 1 aromatic carbocycles. The topological polar surface area (TPSA) is 20.2 Å². The van der Waals surface area contributed by atoms with E-state index >= 15 is 0 Å². The van der Waals surface area contributed by atoms with Crippen LogP contribution in [0.2, 0.25) is 5.02 Å². The molecular weight excluding hydrogens is 251 g/mol. The number of aliphatic hydroxyl groups is 1. The fourth-order valence-electron chi connectivity index (χ4n) is 0.922. The van der Waals surface area contributed by atoms with Gasteiger partial charge in [0.1, 0.15) is 0 Å². The minimum atomic E-state index is 0.182. The van der Waals surface area contributed by atoms with Crippen LogP contribution in [0.25, 0.3) is 6.08 Å². The highest BCUT2D eigenvalue weighted by molar-refractivity contribution is 9.10. The molecule has 0 unspecified atom stereocenters. The maximum absolute atomic E-state index is 8.57. The number of rotatable bonds is 3. The van der Waals surface area contributed by atoms with Crippen molar-refractivity contribution in [2.24, 2.45) is 0 Å². The molecule has 0 bridgehead atoms. The molecule has 1 rings (SSSR count). The molecule has 0 aliphatic heterocycles. The zero-order valence-electron chi connectivity index (χ0n) is 7.00. The zero-order chi connectivity index (χ0) is 9.68. The fourth-order valence-corrected chi connectivity index (χ4v) is 1.74. The number of hydrogen-bond acceptors (Lipinski definition) is 1. The Morgan fingerprint density at radius 1 is 1.46 bits per heavy atom. The van der Waals surface area contributed by atoms with Crippen molar-refractivity contribution in [3.8, 4) is 0 Å². The smallest absolute Gasteiger partial charge is 0.0465 e. The van der Waals surface area contributed by atoms with Crippen LogP contribution in [0.1, 0.15) is 12.0 Å². The summed E-state index contributed by atoms with van der Waals surface area (Å²) >= 11 is 9.19. The fraction of sp³-hybridized carbons (Fsp3) is 0.200. The molecule has 0 saturated heterocycles. The summed E-state index contributed by atoms with van der Waals surface area (Å²) in [7, 11) is 0. The van der Waals surface area contributed by atoms with Crippen molar-refractivity contribution in [1.82, 2.24) is 0 Å². The Bertz CT molecular complexity index is 310. The SMILES string of the molecule is OCCC=Cc1ccc(Cl)cc1Br. The van der Waals surface area contributed by atoms with Crippen LogP contribution >= 0.6 is 27.5 Å². The van der Waals surface area contributed by atoms with Crippen LogP contribution in [0.15, 0.2) is 28.7 Å². The van der Waals surface area contributed by atoms with Crippen molar-refractivity contribution in [3.05, 3.63) is 39.3 Å². The average molecular weight is 262 g/mol. The van der Waals surface area contributed by atoms with Gasteiger partial charge in [-0.05, 0) is 24.1 Å². The molecule has 13 heavy (non-hydrogen) atoms. The predicted octanol–water partition coefficient (Wildman–Crippen LogP) is 3.50. The molecule has 0 saturated carbocycles. The van der Waals surface area contributed by atoms with E-state index in [4.69, 9.17) is 16.7 Å². The summed E-state index contributed by atoms with van der Waals surface area (Å²) in [5.41, 5.74) is 1.07. The molecule has 0 aromatic heterocycles. The van der Waals surface area contributed by atoms with Gasteiger partial charge in [-0.15, -0.1) is 0 Å². The Morgan fingerprint density at radius 3 is 2.85 bits per heavy atom. The highest BCUT2D eigenvalue weighted by Gasteiger charge is 1.95. The largest absolute Gasteiger partial charge is 0.396 e. The van der Waals surface area contributed by atoms with Crippen LogP contribution in [-0.4, -0.2) is 11.7 Å². The lowest BCUT2D eigenvalue weighted by Gasteiger charge is -1.98. The second kappa shape index (κ2) is 5.43. The van der Waals surface area contributed by atoms with E-state index < -0.39 is 0 Å². The van der Waals surface area contributed by atoms with Gasteiger partial charge < -0.3 is 5.11 Å². The van der Waals surface area contributed by atoms with Gasteiger partial charge in [-0.3, -0.25) is 0 Å². The molecule has 0 aliphatic carbocycles. The van der Waals surface area contributed by atoms with Crippen molar-refractivity contribution in [2.75, 3.05) is 6.61 Å². The molecule has 1 nitrogen and oxygen atoms in total. The molecule has 0 radical (unpaired) electrons. The first-order valence-corrected chi connectivity index (χ1v) is 5.13. The summed E-state index contributed by atoms with van der Waals surface area (Å²) in [5, 5.41) is 9.29. The van der Waals surface area contributed by atoms with E-state index in [0.29, 0.717) is 11.4 Å². The van der Waals surface area contributed by atoms with Gasteiger partial charge in [0.05, 0.1) is 0 Å². The lowest BCUT2D eigenvalue weighted by Crippen LogP contribution is -1.78. The molecular formula is C10H10BrClO. The normalized spacial score (nSPS) is 11.0. The predicted molar refractivity (Wildman–Crippen MR) is 59.9 cm³/mol. The highest BCUT2D eigenvalue weighted by Crippen LogP contribution is 2.22. The van der Waals surface area contributed by atoms with Gasteiger partial charge in [0.25, 0.3) is 0 Å². The number of aliphatic hydroxyl groups excluding tert-OH is 1. The van der Waals surface area contributed by atoms with Crippen molar-refractivity contribution in [2.45, 2.75) is 6.42 Å². The lowest BCUT2D eigenvalue weighted by molar-refractivity contribution is 0.303. The summed E-state index contributed by atoms with van der Waals surface area (Å²) in [6, 6.07) is 5.62. The van der Waals surface area contributed by atoms with Crippen LogP contribution in [-0.2, 0) is 0 Å². The van der Waals surface area contributed by atoms with Crippen molar-refractivity contribution in [3.63, 3.8) is 0 Å². The summed E-state index contributed by atoms with van der Waals surface area (Å²) in [4.78, 5) is 0. The van der Waals surface area contributed by atoms with Crippen LogP contribution in [0.4, 0.5) is 0 Å². The van der Waals surface area contributed by atoms with E-state index in [1.54, 1.807) is 0 Å². The highest BCUT2D eigenvalue weighted by atomic mass is 79.9. The summed E-state index contributed by atoms with van der Waals surface area (Å²) in [6.07, 6.45) is 4.56. The third-order valence-electron chi connectivity index (χ3n) is 1.56. The zero-order valence-corrected chi connectivity index (χ0v) is 9.35. The Balaban J connectivity index is 2.77. The third kappa shape index (κ3) is 3.51. The van der Waals surface area contributed by atoms with E-state index in [0.717, 1.165) is 10.0 Å². The summed E-state index contributed by atoms with van der Waals surface area (Å²) in [5.74, 6) is 0.